The third-order valence-electron chi connectivity index (χ3n) is 14.2. The predicted molar refractivity (Wildman–Crippen MR) is 283 cm³/mol. The predicted octanol–water partition coefficient (Wildman–Crippen LogP) is 7.64. The second-order valence-corrected chi connectivity index (χ2v) is 19.4. The first-order valence-electron chi connectivity index (χ1n) is 26.6. The van der Waals surface area contributed by atoms with Crippen LogP contribution in [0, 0.1) is 5.92 Å². The van der Waals surface area contributed by atoms with Crippen molar-refractivity contribution in [3.63, 3.8) is 0 Å². The van der Waals surface area contributed by atoms with Gasteiger partial charge in [0.05, 0.1) is 50.2 Å². The van der Waals surface area contributed by atoms with E-state index < -0.39 is 11.9 Å². The molecule has 390 valence electrons. The summed E-state index contributed by atoms with van der Waals surface area (Å²) < 4.78 is 22.6. The van der Waals surface area contributed by atoms with Crippen molar-refractivity contribution in [2.75, 3.05) is 84.2 Å². The molecule has 16 heteroatoms. The fraction of sp³-hybridized carbons (Fsp3) is 0.618. The van der Waals surface area contributed by atoms with Gasteiger partial charge in [-0.3, -0.25) is 33.8 Å². The summed E-state index contributed by atoms with van der Waals surface area (Å²) in [5.41, 5.74) is 6.96. The van der Waals surface area contributed by atoms with Gasteiger partial charge in [-0.25, -0.2) is 9.78 Å². The summed E-state index contributed by atoms with van der Waals surface area (Å²) in [6.07, 6.45) is 17.8. The van der Waals surface area contributed by atoms with Crippen LogP contribution in [0.4, 0.5) is 5.95 Å². The highest BCUT2D eigenvalue weighted by molar-refractivity contribution is 5.94. The van der Waals surface area contributed by atoms with E-state index in [4.69, 9.17) is 24.3 Å². The summed E-state index contributed by atoms with van der Waals surface area (Å²) in [5.74, 6) is 0.854. The number of aromatic nitrogens is 5. The van der Waals surface area contributed by atoms with Crippen molar-refractivity contribution < 1.29 is 28.9 Å². The van der Waals surface area contributed by atoms with Crippen molar-refractivity contribution in [1.82, 2.24) is 38.8 Å². The Morgan fingerprint density at radius 1 is 0.831 bits per heavy atom. The number of carbonyl (C=O) groups is 2. The van der Waals surface area contributed by atoms with Gasteiger partial charge in [0.2, 0.25) is 18.3 Å². The van der Waals surface area contributed by atoms with Gasteiger partial charge in [-0.2, -0.15) is 4.98 Å². The largest absolute Gasteiger partial charge is 0.393 e. The molecule has 1 unspecified atom stereocenters. The van der Waals surface area contributed by atoms with Crippen LogP contribution in [0.25, 0.3) is 33.2 Å². The van der Waals surface area contributed by atoms with E-state index in [1.54, 1.807) is 11.6 Å². The normalized spacial score (nSPS) is 15.3. The van der Waals surface area contributed by atoms with Crippen LogP contribution in [0.3, 0.4) is 0 Å². The SMILES string of the molecule is CCCC(C(=O)NC=O)n1c(=O)n(C)c2cc(CCCCCOCCOCCOCCN3CCN(Cc4ccc(-c5cn(C)c6nc(NCC(CC)CC)ncc56)cc4)CC3)ccc21.OC1CCCCC1. The third kappa shape index (κ3) is 16.5. The Morgan fingerprint density at radius 3 is 2.17 bits per heavy atom. The highest BCUT2D eigenvalue weighted by atomic mass is 16.5. The van der Waals surface area contributed by atoms with Crippen LogP contribution in [0.2, 0.25) is 0 Å². The standard InChI is InChI=1S/C49H71N9O6.C6H12O/c1-6-12-44(47(60)52-36-59)58-43-19-16-38(31-45(43)55(5)49(58)61)13-10-9-11-25-62-27-29-64-30-28-63-26-24-56-20-22-57(23-21-56)34-39-14-17-40(18-15-39)42-35-54(4)46-41(42)33-51-48(53-46)50-32-37(7-2)8-3;7-6-4-2-1-3-5-6/h14-19,31,33,35-37,44H,6-13,20-30,32,34H2,1-5H3,(H,50,51,53)(H,52,59,60);6-7H,1-5H2. The second-order valence-electron chi connectivity index (χ2n) is 19.4. The summed E-state index contributed by atoms with van der Waals surface area (Å²) in [4.78, 5) is 51.1. The van der Waals surface area contributed by atoms with Crippen molar-refractivity contribution in [2.24, 2.45) is 20.0 Å². The average molecular weight is 982 g/mol. The number of aryl methyl sites for hydroxylation is 3. The molecule has 2 aliphatic rings. The van der Waals surface area contributed by atoms with Gasteiger partial charge in [0.1, 0.15) is 11.7 Å². The number of hydrogen-bond acceptors (Lipinski definition) is 12. The van der Waals surface area contributed by atoms with E-state index in [-0.39, 0.29) is 11.8 Å². The molecule has 1 aliphatic carbocycles. The maximum absolute atomic E-state index is 13.1. The maximum Gasteiger partial charge on any atom is 0.329 e. The van der Waals surface area contributed by atoms with Gasteiger partial charge in [-0.15, -0.1) is 0 Å². The Bertz CT molecular complexity index is 2410. The third-order valence-corrected chi connectivity index (χ3v) is 14.2. The van der Waals surface area contributed by atoms with Crippen molar-refractivity contribution in [2.45, 2.75) is 123 Å². The minimum atomic E-state index is -0.732. The van der Waals surface area contributed by atoms with Crippen LogP contribution in [-0.2, 0) is 50.9 Å². The molecule has 1 saturated heterocycles. The topological polar surface area (TPSA) is 170 Å². The van der Waals surface area contributed by atoms with E-state index in [0.717, 1.165) is 125 Å². The fourth-order valence-corrected chi connectivity index (χ4v) is 9.70. The molecule has 2 amide bonds. The molecule has 3 aromatic heterocycles. The van der Waals surface area contributed by atoms with Crippen LogP contribution < -0.4 is 16.3 Å². The summed E-state index contributed by atoms with van der Waals surface area (Å²) >= 11 is 0. The van der Waals surface area contributed by atoms with Gasteiger partial charge < -0.3 is 29.2 Å². The Hall–Kier alpha value is -4.97. The van der Waals surface area contributed by atoms with Crippen LogP contribution in [0.1, 0.15) is 115 Å². The van der Waals surface area contributed by atoms with Crippen LogP contribution >= 0.6 is 0 Å². The molecule has 5 aromatic rings. The number of unbranched alkanes of at least 4 members (excludes halogenated alkanes) is 2. The number of aliphatic hydroxyl groups excluding tert-OH is 1. The molecule has 1 atom stereocenters. The molecular formula is C55H83N9O7. The molecule has 1 saturated carbocycles. The molecule has 16 nitrogen and oxygen atoms in total. The molecule has 3 N–H and O–H groups in total. The Kier molecular flexibility index (Phi) is 23.0. The number of nitrogens with one attached hydrogen (secondary N) is 2. The van der Waals surface area contributed by atoms with Crippen LogP contribution in [0.15, 0.2) is 59.7 Å². The molecule has 71 heavy (non-hydrogen) atoms. The van der Waals surface area contributed by atoms with E-state index in [0.29, 0.717) is 76.3 Å². The van der Waals surface area contributed by atoms with E-state index in [1.807, 2.05) is 31.3 Å². The smallest absolute Gasteiger partial charge is 0.329 e. The fourth-order valence-electron chi connectivity index (χ4n) is 9.70. The van der Waals surface area contributed by atoms with Gasteiger partial charge in [0.25, 0.3) is 0 Å². The molecule has 2 fully saturated rings. The highest BCUT2D eigenvalue weighted by Gasteiger charge is 2.25. The zero-order chi connectivity index (χ0) is 50.4. The van der Waals surface area contributed by atoms with Crippen molar-refractivity contribution in [3.05, 3.63) is 76.5 Å². The molecule has 1 aliphatic heterocycles. The lowest BCUT2D eigenvalue weighted by molar-refractivity contribution is -0.128. The zero-order valence-corrected chi connectivity index (χ0v) is 43.4. The summed E-state index contributed by atoms with van der Waals surface area (Å²) in [5, 5.41) is 15.6. The maximum atomic E-state index is 13.1. The second kappa shape index (κ2) is 29.5. The number of hydrogen-bond donors (Lipinski definition) is 3. The van der Waals surface area contributed by atoms with Gasteiger partial charge >= 0.3 is 5.69 Å². The van der Waals surface area contributed by atoms with E-state index in [2.05, 4.69) is 81.3 Å². The lowest BCUT2D eigenvalue weighted by atomic mass is 9.98. The summed E-state index contributed by atoms with van der Waals surface area (Å²) in [6, 6.07) is 14.2. The first kappa shape index (κ1) is 55.3. The summed E-state index contributed by atoms with van der Waals surface area (Å²) in [7, 11) is 3.77. The molecule has 0 radical (unpaired) electrons. The van der Waals surface area contributed by atoms with Crippen molar-refractivity contribution >= 4 is 40.3 Å². The number of carbonyl (C=O) groups excluding carboxylic acids is 2. The molecule has 0 spiro atoms. The lowest BCUT2D eigenvalue weighted by Crippen LogP contribution is -2.46. The Balaban J connectivity index is 0.00000108. The number of imide groups is 1. The van der Waals surface area contributed by atoms with E-state index in [9.17, 15) is 14.4 Å². The Morgan fingerprint density at radius 2 is 1.51 bits per heavy atom. The first-order valence-corrected chi connectivity index (χ1v) is 26.6. The van der Waals surface area contributed by atoms with Gasteiger partial charge in [-0.1, -0.05) is 96.0 Å². The molecule has 4 heterocycles. The molecular weight excluding hydrogens is 899 g/mol. The number of rotatable bonds is 28. The minimum absolute atomic E-state index is 0.0359. The number of aliphatic hydroxyl groups is 1. The highest BCUT2D eigenvalue weighted by Crippen LogP contribution is 2.30. The van der Waals surface area contributed by atoms with E-state index >= 15 is 0 Å². The monoisotopic (exact) mass is 982 g/mol. The van der Waals surface area contributed by atoms with E-state index in [1.165, 1.54) is 35.0 Å². The summed E-state index contributed by atoms with van der Waals surface area (Å²) in [6.45, 7) is 17.0. The van der Waals surface area contributed by atoms with Crippen molar-refractivity contribution in [3.8, 4) is 11.1 Å². The zero-order valence-electron chi connectivity index (χ0n) is 43.4. The number of imidazole rings is 1. The van der Waals surface area contributed by atoms with Gasteiger partial charge in [-0.05, 0) is 73.3 Å². The number of ether oxygens (including phenoxy) is 3. The van der Waals surface area contributed by atoms with Crippen LogP contribution in [-0.4, -0.2) is 136 Å². The number of nitrogens with zero attached hydrogens (tertiary/aromatic N) is 7. The average Bonchev–Trinajstić information content (AvgIpc) is 3.84. The number of amides is 2. The minimum Gasteiger partial charge on any atom is -0.393 e. The molecule has 2 aromatic carbocycles. The number of benzene rings is 2. The van der Waals surface area contributed by atoms with Crippen LogP contribution in [0.5, 0.6) is 0 Å². The quantitative estimate of drug-likeness (QED) is 0.0331. The lowest BCUT2D eigenvalue weighted by Gasteiger charge is -2.34. The number of piperazine rings is 1. The Labute approximate surface area is 421 Å². The van der Waals surface area contributed by atoms with Crippen molar-refractivity contribution in [1.29, 1.82) is 0 Å². The number of anilines is 1. The molecule has 7 rings (SSSR count). The first-order chi connectivity index (χ1) is 34.6. The van der Waals surface area contributed by atoms with Gasteiger partial charge in [0, 0.05) is 89.9 Å². The molecule has 0 bridgehead atoms. The van der Waals surface area contributed by atoms with Gasteiger partial charge in [0.15, 0.2) is 0 Å². The number of fused-ring (bicyclic) bond motifs is 2.